The number of para-hydroxylation sites is 1. The number of ether oxygens (including phenoxy) is 1. The van der Waals surface area contributed by atoms with E-state index in [0.29, 0.717) is 25.3 Å². The molecule has 174 valence electrons. The fraction of sp³-hybridized carbons (Fsp3) is 0.273. The van der Waals surface area contributed by atoms with Gasteiger partial charge in [0.2, 0.25) is 0 Å². The Morgan fingerprint density at radius 1 is 1.18 bits per heavy atom. The van der Waals surface area contributed by atoms with Crippen molar-refractivity contribution in [2.75, 3.05) is 6.54 Å². The first-order valence-corrected chi connectivity index (χ1v) is 9.90. The number of carboxylic acids is 1. The standard InChI is InChI=1S/C20H20N4O2.C2HF3O2/c1-14-7-8-15(11-21-14)20(25)24-10-9-18-17(12-24)19(23-22-18)13-26-16-5-3-2-4-6-16;3-2(4,5)1(6)7/h2-8,11H,9-10,12-13H2,1H3,(H,22,23);(H,6,7). The van der Waals surface area contributed by atoms with Gasteiger partial charge in [0.1, 0.15) is 18.1 Å². The predicted octanol–water partition coefficient (Wildman–Crippen LogP) is 3.52. The number of amides is 1. The number of aliphatic carboxylic acids is 1. The number of halogens is 3. The first-order chi connectivity index (χ1) is 15.6. The van der Waals surface area contributed by atoms with Crippen LogP contribution < -0.4 is 4.74 Å². The van der Waals surface area contributed by atoms with Crippen molar-refractivity contribution >= 4 is 11.9 Å². The molecule has 1 aromatic carbocycles. The second-order valence-electron chi connectivity index (χ2n) is 7.20. The largest absolute Gasteiger partial charge is 0.490 e. The van der Waals surface area contributed by atoms with Crippen molar-refractivity contribution in [2.24, 2.45) is 0 Å². The monoisotopic (exact) mass is 462 g/mol. The zero-order chi connectivity index (χ0) is 24.0. The minimum absolute atomic E-state index is 0.000669. The molecular formula is C22H21F3N4O4. The number of fused-ring (bicyclic) bond motifs is 1. The summed E-state index contributed by atoms with van der Waals surface area (Å²) in [6, 6.07) is 13.3. The summed E-state index contributed by atoms with van der Waals surface area (Å²) in [7, 11) is 0. The van der Waals surface area contributed by atoms with Crippen molar-refractivity contribution in [3.05, 3.63) is 76.9 Å². The molecule has 4 rings (SSSR count). The van der Waals surface area contributed by atoms with Gasteiger partial charge in [0.25, 0.3) is 5.91 Å². The average molecular weight is 462 g/mol. The second kappa shape index (κ2) is 10.2. The summed E-state index contributed by atoms with van der Waals surface area (Å²) >= 11 is 0. The van der Waals surface area contributed by atoms with Crippen LogP contribution in [0, 0.1) is 6.92 Å². The Hall–Kier alpha value is -3.89. The van der Waals surface area contributed by atoms with Crippen molar-refractivity contribution in [1.29, 1.82) is 0 Å². The Kier molecular flexibility index (Phi) is 7.31. The van der Waals surface area contributed by atoms with E-state index < -0.39 is 12.1 Å². The summed E-state index contributed by atoms with van der Waals surface area (Å²) in [5, 5.41) is 14.6. The number of alkyl halides is 3. The van der Waals surface area contributed by atoms with Gasteiger partial charge >= 0.3 is 12.1 Å². The summed E-state index contributed by atoms with van der Waals surface area (Å²) < 4.78 is 37.6. The highest BCUT2D eigenvalue weighted by Gasteiger charge is 2.38. The van der Waals surface area contributed by atoms with Crippen LogP contribution in [0.3, 0.4) is 0 Å². The highest BCUT2D eigenvalue weighted by Crippen LogP contribution is 2.23. The molecule has 0 unspecified atom stereocenters. The van der Waals surface area contributed by atoms with Gasteiger partial charge in [-0.2, -0.15) is 18.3 Å². The van der Waals surface area contributed by atoms with E-state index >= 15 is 0 Å². The number of pyridine rings is 1. The Balaban J connectivity index is 0.000000383. The fourth-order valence-corrected chi connectivity index (χ4v) is 3.09. The minimum Gasteiger partial charge on any atom is -0.487 e. The molecule has 0 radical (unpaired) electrons. The number of benzene rings is 1. The third-order valence-electron chi connectivity index (χ3n) is 4.83. The number of H-pyrrole nitrogens is 1. The van der Waals surface area contributed by atoms with E-state index in [0.717, 1.165) is 34.8 Å². The molecule has 0 spiro atoms. The Labute approximate surface area is 187 Å². The molecule has 1 aliphatic rings. The van der Waals surface area contributed by atoms with Gasteiger partial charge in [-0.25, -0.2) is 4.79 Å². The number of nitrogens with zero attached hydrogens (tertiary/aromatic N) is 3. The summed E-state index contributed by atoms with van der Waals surface area (Å²) in [6.07, 6.45) is -2.68. The van der Waals surface area contributed by atoms with E-state index in [1.165, 1.54) is 0 Å². The molecule has 2 N–H and O–H groups in total. The Bertz CT molecular complexity index is 1100. The molecule has 0 fully saturated rings. The maximum atomic E-state index is 12.8. The number of rotatable bonds is 4. The molecular weight excluding hydrogens is 441 g/mol. The maximum Gasteiger partial charge on any atom is 0.490 e. The van der Waals surface area contributed by atoms with Crippen molar-refractivity contribution in [3.8, 4) is 5.75 Å². The number of carboxylic acid groups (broad SMARTS) is 1. The normalized spacial score (nSPS) is 12.9. The number of carbonyl (C=O) groups excluding carboxylic acids is 1. The highest BCUT2D eigenvalue weighted by atomic mass is 19.4. The Morgan fingerprint density at radius 2 is 1.88 bits per heavy atom. The summed E-state index contributed by atoms with van der Waals surface area (Å²) in [5.41, 5.74) is 4.51. The Morgan fingerprint density at radius 3 is 2.48 bits per heavy atom. The topological polar surface area (TPSA) is 108 Å². The third kappa shape index (κ3) is 6.31. The molecule has 8 nitrogen and oxygen atoms in total. The number of carbonyl (C=O) groups is 2. The van der Waals surface area contributed by atoms with Gasteiger partial charge in [-0.1, -0.05) is 18.2 Å². The van der Waals surface area contributed by atoms with Crippen LogP contribution in [0.2, 0.25) is 0 Å². The molecule has 11 heteroatoms. The molecule has 2 aromatic heterocycles. The SMILES string of the molecule is Cc1ccc(C(=O)N2CCc3[nH]nc(COc4ccccc4)c3C2)cn1.O=C(O)C(F)(F)F. The summed E-state index contributed by atoms with van der Waals surface area (Å²) in [4.78, 5) is 27.7. The van der Waals surface area contributed by atoms with Gasteiger partial charge in [0.15, 0.2) is 0 Å². The first-order valence-electron chi connectivity index (χ1n) is 9.90. The lowest BCUT2D eigenvalue weighted by atomic mass is 10.0. The number of aryl methyl sites for hydroxylation is 1. The minimum atomic E-state index is -5.08. The quantitative estimate of drug-likeness (QED) is 0.614. The molecule has 3 aromatic rings. The van der Waals surface area contributed by atoms with Gasteiger partial charge in [-0.15, -0.1) is 0 Å². The van der Waals surface area contributed by atoms with Crippen molar-refractivity contribution in [3.63, 3.8) is 0 Å². The van der Waals surface area contributed by atoms with Crippen LogP contribution in [0.25, 0.3) is 0 Å². The predicted molar refractivity (Wildman–Crippen MR) is 110 cm³/mol. The molecule has 0 atom stereocenters. The lowest BCUT2D eigenvalue weighted by molar-refractivity contribution is -0.192. The number of hydrogen-bond donors (Lipinski definition) is 2. The molecule has 1 amide bonds. The van der Waals surface area contributed by atoms with Crippen LogP contribution in [0.4, 0.5) is 13.2 Å². The van der Waals surface area contributed by atoms with Crippen LogP contribution in [0.1, 0.15) is 33.0 Å². The van der Waals surface area contributed by atoms with Gasteiger partial charge in [-0.05, 0) is 31.2 Å². The van der Waals surface area contributed by atoms with E-state index in [2.05, 4.69) is 15.2 Å². The lowest BCUT2D eigenvalue weighted by Gasteiger charge is -2.27. The molecule has 3 heterocycles. The van der Waals surface area contributed by atoms with Crippen LogP contribution in [0.5, 0.6) is 5.75 Å². The van der Waals surface area contributed by atoms with Crippen LogP contribution >= 0.6 is 0 Å². The second-order valence-corrected chi connectivity index (χ2v) is 7.20. The molecule has 0 saturated heterocycles. The zero-order valence-electron chi connectivity index (χ0n) is 17.6. The van der Waals surface area contributed by atoms with Crippen LogP contribution in [-0.2, 0) is 24.4 Å². The number of aromatic amines is 1. The van der Waals surface area contributed by atoms with Crippen molar-refractivity contribution in [1.82, 2.24) is 20.1 Å². The van der Waals surface area contributed by atoms with Gasteiger partial charge < -0.3 is 14.7 Å². The molecule has 0 aliphatic carbocycles. The molecule has 33 heavy (non-hydrogen) atoms. The fourth-order valence-electron chi connectivity index (χ4n) is 3.09. The van der Waals surface area contributed by atoms with Gasteiger partial charge in [-0.3, -0.25) is 14.9 Å². The van der Waals surface area contributed by atoms with E-state index in [9.17, 15) is 18.0 Å². The molecule has 1 aliphatic heterocycles. The van der Waals surface area contributed by atoms with E-state index in [1.54, 1.807) is 6.20 Å². The van der Waals surface area contributed by atoms with Crippen LogP contribution in [-0.4, -0.2) is 49.8 Å². The third-order valence-corrected chi connectivity index (χ3v) is 4.83. The number of nitrogens with one attached hydrogen (secondary N) is 1. The van der Waals surface area contributed by atoms with Gasteiger partial charge in [0, 0.05) is 42.7 Å². The summed E-state index contributed by atoms with van der Waals surface area (Å²) in [6.45, 7) is 3.49. The first kappa shape index (κ1) is 23.8. The number of aromatic nitrogens is 3. The van der Waals surface area contributed by atoms with Crippen molar-refractivity contribution < 1.29 is 32.6 Å². The maximum absolute atomic E-state index is 12.8. The number of hydrogen-bond acceptors (Lipinski definition) is 5. The van der Waals surface area contributed by atoms with Crippen LogP contribution in [0.15, 0.2) is 48.7 Å². The zero-order valence-corrected chi connectivity index (χ0v) is 17.6. The lowest BCUT2D eigenvalue weighted by Crippen LogP contribution is -2.36. The van der Waals surface area contributed by atoms with E-state index in [-0.39, 0.29) is 5.91 Å². The smallest absolute Gasteiger partial charge is 0.487 e. The molecule has 0 bridgehead atoms. The highest BCUT2D eigenvalue weighted by molar-refractivity contribution is 5.94. The van der Waals surface area contributed by atoms with E-state index in [1.807, 2.05) is 54.3 Å². The van der Waals surface area contributed by atoms with Gasteiger partial charge in [0.05, 0.1) is 5.56 Å². The summed E-state index contributed by atoms with van der Waals surface area (Å²) in [5.74, 6) is -1.95. The average Bonchev–Trinajstić information content (AvgIpc) is 3.20. The van der Waals surface area contributed by atoms with E-state index in [4.69, 9.17) is 14.6 Å². The molecule has 0 saturated carbocycles. The van der Waals surface area contributed by atoms with Crippen molar-refractivity contribution in [2.45, 2.75) is 32.7 Å².